The maximum Gasteiger partial charge on any atom is 0.261 e. The lowest BCUT2D eigenvalue weighted by atomic mass is 9.97. The van der Waals surface area contributed by atoms with E-state index in [1.165, 1.54) is 11.3 Å². The molecule has 4 nitrogen and oxygen atoms in total. The molecule has 5 heteroatoms. The minimum Gasteiger partial charge on any atom is -0.345 e. The molecule has 1 fully saturated rings. The lowest BCUT2D eigenvalue weighted by molar-refractivity contribution is -0.117. The average molecular weight is 356 g/mol. The number of benzene rings is 1. The van der Waals surface area contributed by atoms with Gasteiger partial charge in [0.15, 0.2) is 0 Å². The Morgan fingerprint density at radius 2 is 1.84 bits per heavy atom. The molecule has 0 aliphatic heterocycles. The normalized spacial score (nSPS) is 15.0. The van der Waals surface area contributed by atoms with Crippen LogP contribution in [0.15, 0.2) is 42.5 Å². The highest BCUT2D eigenvalue weighted by Gasteiger charge is 2.30. The average Bonchev–Trinajstić information content (AvgIpc) is 3.34. The predicted molar refractivity (Wildman–Crippen MR) is 102 cm³/mol. The summed E-state index contributed by atoms with van der Waals surface area (Å²) in [6.45, 7) is 4.30. The van der Waals surface area contributed by atoms with Crippen LogP contribution in [-0.4, -0.2) is 11.8 Å². The second-order valence-corrected chi connectivity index (χ2v) is 8.08. The number of anilines is 1. The summed E-state index contributed by atoms with van der Waals surface area (Å²) in [4.78, 5) is 25.1. The smallest absolute Gasteiger partial charge is 0.261 e. The maximum atomic E-state index is 12.6. The summed E-state index contributed by atoms with van der Waals surface area (Å²) in [7, 11) is 0. The van der Waals surface area contributed by atoms with Crippen molar-refractivity contribution in [3.8, 4) is 0 Å². The summed E-state index contributed by atoms with van der Waals surface area (Å²) in [5.74, 6) is 0.609. The van der Waals surface area contributed by atoms with Gasteiger partial charge in [-0.3, -0.25) is 9.59 Å². The van der Waals surface area contributed by atoms with Crippen LogP contribution in [0.4, 0.5) is 5.00 Å². The Balaban J connectivity index is 1.66. The van der Waals surface area contributed by atoms with Crippen LogP contribution < -0.4 is 10.6 Å². The van der Waals surface area contributed by atoms with Crippen molar-refractivity contribution in [2.24, 2.45) is 11.8 Å². The van der Waals surface area contributed by atoms with Gasteiger partial charge in [0, 0.05) is 5.92 Å². The van der Waals surface area contributed by atoms with Crippen molar-refractivity contribution in [1.82, 2.24) is 5.32 Å². The van der Waals surface area contributed by atoms with Crippen LogP contribution in [-0.2, 0) is 4.79 Å². The number of thiophene rings is 1. The summed E-state index contributed by atoms with van der Waals surface area (Å²) >= 11 is 1.33. The molecule has 1 aromatic carbocycles. The summed E-state index contributed by atoms with van der Waals surface area (Å²) in [6, 6.07) is 13.6. The second kappa shape index (κ2) is 7.83. The third-order valence-electron chi connectivity index (χ3n) is 4.24. The number of amides is 2. The Morgan fingerprint density at radius 3 is 2.48 bits per heavy atom. The molecule has 132 valence electrons. The molecule has 1 saturated carbocycles. The van der Waals surface area contributed by atoms with Crippen molar-refractivity contribution in [3.63, 3.8) is 0 Å². The molecule has 3 rings (SSSR count). The van der Waals surface area contributed by atoms with E-state index in [4.69, 9.17) is 0 Å². The van der Waals surface area contributed by atoms with Crippen molar-refractivity contribution >= 4 is 28.2 Å². The van der Waals surface area contributed by atoms with Gasteiger partial charge in [0.05, 0.1) is 15.9 Å². The second-order valence-electron chi connectivity index (χ2n) is 6.99. The largest absolute Gasteiger partial charge is 0.345 e. The Bertz CT molecular complexity index is 735. The van der Waals surface area contributed by atoms with Crippen molar-refractivity contribution in [3.05, 3.63) is 52.9 Å². The summed E-state index contributed by atoms with van der Waals surface area (Å²) in [5.41, 5.74) is 1.11. The molecule has 1 aromatic heterocycles. The molecule has 25 heavy (non-hydrogen) atoms. The molecule has 1 aliphatic rings. The standard InChI is InChI=1S/C20H24N2O2S/c1-13(2)12-16(14-6-4-3-5-7-14)21-20(24)17-10-11-18(25-17)22-19(23)15-8-9-15/h3-7,10-11,13,15-16H,8-9,12H2,1-2H3,(H,21,24)(H,22,23)/t16-/m0/s1. The summed E-state index contributed by atoms with van der Waals surface area (Å²) in [6.07, 6.45) is 2.82. The van der Waals surface area contributed by atoms with Crippen LogP contribution in [0.5, 0.6) is 0 Å². The molecule has 0 unspecified atom stereocenters. The quantitative estimate of drug-likeness (QED) is 0.761. The van der Waals surface area contributed by atoms with E-state index in [1.54, 1.807) is 12.1 Å². The topological polar surface area (TPSA) is 58.2 Å². The molecule has 0 bridgehead atoms. The molecule has 1 heterocycles. The molecule has 2 amide bonds. The van der Waals surface area contributed by atoms with E-state index < -0.39 is 0 Å². The van der Waals surface area contributed by atoms with Gasteiger partial charge in [0.1, 0.15) is 0 Å². The first kappa shape index (κ1) is 17.7. The third-order valence-corrected chi connectivity index (χ3v) is 5.24. The van der Waals surface area contributed by atoms with Gasteiger partial charge in [0.25, 0.3) is 5.91 Å². The van der Waals surface area contributed by atoms with Crippen LogP contribution in [0.3, 0.4) is 0 Å². The molecule has 1 atom stereocenters. The first-order chi connectivity index (χ1) is 12.0. The fourth-order valence-corrected chi connectivity index (χ4v) is 3.57. The van der Waals surface area contributed by atoms with Crippen LogP contribution in [0.2, 0.25) is 0 Å². The number of hydrogen-bond acceptors (Lipinski definition) is 3. The first-order valence-electron chi connectivity index (χ1n) is 8.79. The van der Waals surface area contributed by atoms with E-state index in [0.717, 1.165) is 29.8 Å². The van der Waals surface area contributed by atoms with Crippen molar-refractivity contribution in [1.29, 1.82) is 0 Å². The zero-order valence-corrected chi connectivity index (χ0v) is 15.4. The Kier molecular flexibility index (Phi) is 5.53. The fraction of sp³-hybridized carbons (Fsp3) is 0.400. The molecular formula is C20H24N2O2S. The van der Waals surface area contributed by atoms with Crippen molar-refractivity contribution in [2.75, 3.05) is 5.32 Å². The molecule has 0 saturated heterocycles. The van der Waals surface area contributed by atoms with Gasteiger partial charge in [-0.25, -0.2) is 0 Å². The fourth-order valence-electron chi connectivity index (χ4n) is 2.76. The monoisotopic (exact) mass is 356 g/mol. The maximum absolute atomic E-state index is 12.6. The number of hydrogen-bond donors (Lipinski definition) is 2. The lowest BCUT2D eigenvalue weighted by Gasteiger charge is -2.20. The first-order valence-corrected chi connectivity index (χ1v) is 9.61. The minimum absolute atomic E-state index is 0.0136. The van der Waals surface area contributed by atoms with Crippen LogP contribution in [0.1, 0.15) is 54.4 Å². The zero-order valence-electron chi connectivity index (χ0n) is 14.6. The van der Waals surface area contributed by atoms with E-state index in [9.17, 15) is 9.59 Å². The lowest BCUT2D eigenvalue weighted by Crippen LogP contribution is -2.28. The van der Waals surface area contributed by atoms with Crippen molar-refractivity contribution < 1.29 is 9.59 Å². The SMILES string of the molecule is CC(C)C[C@H](NC(=O)c1ccc(NC(=O)C2CC2)s1)c1ccccc1. The molecular weight excluding hydrogens is 332 g/mol. The number of nitrogens with one attached hydrogen (secondary N) is 2. The Hall–Kier alpha value is -2.14. The minimum atomic E-state index is -0.0913. The molecule has 2 aromatic rings. The molecule has 0 radical (unpaired) electrons. The summed E-state index contributed by atoms with van der Waals surface area (Å²) in [5, 5.41) is 6.78. The van der Waals surface area contributed by atoms with E-state index in [2.05, 4.69) is 24.5 Å². The van der Waals surface area contributed by atoms with Gasteiger partial charge >= 0.3 is 0 Å². The molecule has 0 spiro atoms. The van der Waals surface area contributed by atoms with Gasteiger partial charge in [0.2, 0.25) is 5.91 Å². The van der Waals surface area contributed by atoms with Gasteiger partial charge < -0.3 is 10.6 Å². The van der Waals surface area contributed by atoms with E-state index >= 15 is 0 Å². The summed E-state index contributed by atoms with van der Waals surface area (Å²) < 4.78 is 0. The highest BCUT2D eigenvalue weighted by molar-refractivity contribution is 7.18. The van der Waals surface area contributed by atoms with E-state index in [1.807, 2.05) is 30.3 Å². The Morgan fingerprint density at radius 1 is 1.12 bits per heavy atom. The van der Waals surface area contributed by atoms with Crippen LogP contribution in [0.25, 0.3) is 0 Å². The highest BCUT2D eigenvalue weighted by Crippen LogP contribution is 2.32. The number of rotatable bonds is 7. The zero-order chi connectivity index (χ0) is 17.8. The van der Waals surface area contributed by atoms with Gasteiger partial charge in [-0.05, 0) is 42.9 Å². The van der Waals surface area contributed by atoms with Crippen LogP contribution >= 0.6 is 11.3 Å². The highest BCUT2D eigenvalue weighted by atomic mass is 32.1. The van der Waals surface area contributed by atoms with E-state index in [-0.39, 0.29) is 23.8 Å². The number of carbonyl (C=O) groups is 2. The van der Waals surface area contributed by atoms with Gasteiger partial charge in [-0.2, -0.15) is 0 Å². The van der Waals surface area contributed by atoms with Gasteiger partial charge in [-0.1, -0.05) is 44.2 Å². The number of carbonyl (C=O) groups excluding carboxylic acids is 2. The van der Waals surface area contributed by atoms with Crippen molar-refractivity contribution in [2.45, 2.75) is 39.2 Å². The van der Waals surface area contributed by atoms with Gasteiger partial charge in [-0.15, -0.1) is 11.3 Å². The molecule has 2 N–H and O–H groups in total. The Labute approximate surface area is 152 Å². The predicted octanol–water partition coefficient (Wildman–Crippen LogP) is 4.61. The van der Waals surface area contributed by atoms with E-state index in [0.29, 0.717) is 10.8 Å². The van der Waals surface area contributed by atoms with Crippen LogP contribution in [0, 0.1) is 11.8 Å². The molecule has 1 aliphatic carbocycles. The third kappa shape index (κ3) is 4.92.